The molecule has 0 aliphatic rings. The molecule has 0 saturated carbocycles. The molecule has 0 aliphatic heterocycles. The monoisotopic (exact) mass is 318 g/mol. The molecule has 0 saturated heterocycles. The zero-order valence-electron chi connectivity index (χ0n) is 14.7. The highest BCUT2D eigenvalue weighted by Gasteiger charge is 2.01. The van der Waals surface area contributed by atoms with Gasteiger partial charge in [-0.25, -0.2) is 0 Å². The van der Waals surface area contributed by atoms with Gasteiger partial charge in [0, 0.05) is 4.90 Å². The zero-order valence-corrected chi connectivity index (χ0v) is 15.5. The van der Waals surface area contributed by atoms with Gasteiger partial charge >= 0.3 is 0 Å². The summed E-state index contributed by atoms with van der Waals surface area (Å²) in [4.78, 5) is 2.97. The predicted molar refractivity (Wildman–Crippen MR) is 103 cm³/mol. The van der Waals surface area contributed by atoms with E-state index >= 15 is 0 Å². The van der Waals surface area contributed by atoms with E-state index in [4.69, 9.17) is 0 Å². The van der Waals surface area contributed by atoms with Crippen LogP contribution in [0.2, 0.25) is 0 Å². The topological polar surface area (TPSA) is 0 Å². The first kappa shape index (κ1) is 19.4. The molecule has 1 aromatic rings. The lowest BCUT2D eigenvalue weighted by atomic mass is 10.1. The zero-order chi connectivity index (χ0) is 15.9. The highest BCUT2D eigenvalue weighted by atomic mass is 32.2. The van der Waals surface area contributed by atoms with Gasteiger partial charge in [-0.05, 0) is 42.7 Å². The second-order valence-electron chi connectivity index (χ2n) is 6.10. The molecular weight excluding hydrogens is 284 g/mol. The summed E-state index contributed by atoms with van der Waals surface area (Å²) in [5.41, 5.74) is 0. The van der Waals surface area contributed by atoms with Crippen molar-refractivity contribution in [3.05, 3.63) is 41.3 Å². The highest BCUT2D eigenvalue weighted by Crippen LogP contribution is 2.31. The minimum absolute atomic E-state index is 1.26. The summed E-state index contributed by atoms with van der Waals surface area (Å²) in [5, 5.41) is 0. The Kier molecular flexibility index (Phi) is 12.3. The van der Waals surface area contributed by atoms with Gasteiger partial charge in [-0.2, -0.15) is 0 Å². The SMILES string of the molecule is CCCCCCC/C=C(/CCCCCC)Sc1ccccc1. The summed E-state index contributed by atoms with van der Waals surface area (Å²) in [6.45, 7) is 4.57. The van der Waals surface area contributed by atoms with Gasteiger partial charge in [0.05, 0.1) is 0 Å². The summed E-state index contributed by atoms with van der Waals surface area (Å²) >= 11 is 1.98. The van der Waals surface area contributed by atoms with Crippen molar-refractivity contribution in [2.45, 2.75) is 89.4 Å². The lowest BCUT2D eigenvalue weighted by molar-refractivity contribution is 0.635. The van der Waals surface area contributed by atoms with E-state index in [9.17, 15) is 0 Å². The average molecular weight is 319 g/mol. The molecule has 1 aromatic carbocycles. The lowest BCUT2D eigenvalue weighted by Crippen LogP contribution is -1.83. The minimum atomic E-state index is 1.26. The second kappa shape index (κ2) is 13.9. The van der Waals surface area contributed by atoms with Gasteiger partial charge in [-0.3, -0.25) is 0 Å². The van der Waals surface area contributed by atoms with Gasteiger partial charge in [0.1, 0.15) is 0 Å². The van der Waals surface area contributed by atoms with Crippen molar-refractivity contribution in [2.24, 2.45) is 0 Å². The van der Waals surface area contributed by atoms with Crippen molar-refractivity contribution in [2.75, 3.05) is 0 Å². The van der Waals surface area contributed by atoms with Crippen molar-refractivity contribution in [1.82, 2.24) is 0 Å². The highest BCUT2D eigenvalue weighted by molar-refractivity contribution is 8.03. The van der Waals surface area contributed by atoms with E-state index in [0.29, 0.717) is 0 Å². The maximum Gasteiger partial charge on any atom is 0.0118 e. The van der Waals surface area contributed by atoms with Crippen LogP contribution in [0.1, 0.15) is 84.5 Å². The van der Waals surface area contributed by atoms with Crippen LogP contribution in [-0.4, -0.2) is 0 Å². The van der Waals surface area contributed by atoms with Crippen LogP contribution in [0, 0.1) is 0 Å². The minimum Gasteiger partial charge on any atom is -0.0949 e. The number of allylic oxidation sites excluding steroid dienone is 2. The molecule has 0 spiro atoms. The van der Waals surface area contributed by atoms with E-state index < -0.39 is 0 Å². The van der Waals surface area contributed by atoms with Gasteiger partial charge < -0.3 is 0 Å². The Morgan fingerprint density at radius 3 is 2.14 bits per heavy atom. The van der Waals surface area contributed by atoms with E-state index in [2.05, 4.69) is 50.3 Å². The normalized spacial score (nSPS) is 11.8. The Labute approximate surface area is 142 Å². The van der Waals surface area contributed by atoms with Crippen molar-refractivity contribution in [3.8, 4) is 0 Å². The fraction of sp³-hybridized carbons (Fsp3) is 0.619. The molecule has 0 aliphatic carbocycles. The Hall–Kier alpha value is -0.690. The van der Waals surface area contributed by atoms with E-state index in [0.717, 1.165) is 0 Å². The maximum absolute atomic E-state index is 2.51. The molecule has 0 radical (unpaired) electrons. The Morgan fingerprint density at radius 2 is 1.45 bits per heavy atom. The number of rotatable bonds is 13. The molecule has 1 rings (SSSR count). The van der Waals surface area contributed by atoms with Crippen LogP contribution in [0.5, 0.6) is 0 Å². The molecule has 0 N–H and O–H groups in total. The van der Waals surface area contributed by atoms with Crippen molar-refractivity contribution in [1.29, 1.82) is 0 Å². The Balaban J connectivity index is 2.39. The summed E-state index contributed by atoms with van der Waals surface area (Å²) in [7, 11) is 0. The number of unbranched alkanes of at least 4 members (excludes halogenated alkanes) is 8. The van der Waals surface area contributed by atoms with Crippen molar-refractivity contribution < 1.29 is 0 Å². The Bertz CT molecular complexity index is 380. The van der Waals surface area contributed by atoms with Crippen LogP contribution in [0.3, 0.4) is 0 Å². The standard InChI is InChI=1S/C21H34S/c1-3-5-7-9-10-13-17-20(16-12-8-6-4-2)22-21-18-14-11-15-19-21/h11,14-15,17-19H,3-10,12-13,16H2,1-2H3/b20-17-. The van der Waals surface area contributed by atoms with E-state index in [-0.39, 0.29) is 0 Å². The molecule has 0 unspecified atom stereocenters. The molecule has 0 bridgehead atoms. The summed E-state index contributed by atoms with van der Waals surface area (Å²) in [6, 6.07) is 10.8. The molecule has 1 heteroatoms. The van der Waals surface area contributed by atoms with Crippen LogP contribution in [0.4, 0.5) is 0 Å². The van der Waals surface area contributed by atoms with Gasteiger partial charge in [0.2, 0.25) is 0 Å². The van der Waals surface area contributed by atoms with Crippen molar-refractivity contribution >= 4 is 11.8 Å². The molecule has 0 fully saturated rings. The quantitative estimate of drug-likeness (QED) is 0.262. The molecular formula is C21H34S. The largest absolute Gasteiger partial charge is 0.0949 e. The fourth-order valence-electron chi connectivity index (χ4n) is 2.57. The van der Waals surface area contributed by atoms with E-state index in [1.54, 1.807) is 4.91 Å². The predicted octanol–water partition coefficient (Wildman–Crippen LogP) is 7.99. The molecule has 0 aromatic heterocycles. The van der Waals surface area contributed by atoms with Crippen LogP contribution >= 0.6 is 11.8 Å². The van der Waals surface area contributed by atoms with Gasteiger partial charge in [0.15, 0.2) is 0 Å². The molecule has 0 atom stereocenters. The third kappa shape index (κ3) is 10.1. The first-order valence-electron chi connectivity index (χ1n) is 9.28. The average Bonchev–Trinajstić information content (AvgIpc) is 2.55. The van der Waals surface area contributed by atoms with Crippen LogP contribution in [-0.2, 0) is 0 Å². The number of hydrogen-bond donors (Lipinski definition) is 0. The molecule has 124 valence electrons. The second-order valence-corrected chi connectivity index (χ2v) is 7.30. The third-order valence-electron chi connectivity index (χ3n) is 3.95. The molecule has 0 nitrogen and oxygen atoms in total. The van der Waals surface area contributed by atoms with Crippen LogP contribution < -0.4 is 0 Å². The fourth-order valence-corrected chi connectivity index (χ4v) is 3.62. The summed E-state index contributed by atoms with van der Waals surface area (Å²) in [6.07, 6.45) is 17.3. The van der Waals surface area contributed by atoms with E-state index in [1.165, 1.54) is 75.5 Å². The van der Waals surface area contributed by atoms with Gasteiger partial charge in [-0.15, -0.1) is 0 Å². The van der Waals surface area contributed by atoms with E-state index in [1.807, 2.05) is 11.8 Å². The first-order chi connectivity index (χ1) is 10.9. The summed E-state index contributed by atoms with van der Waals surface area (Å²) in [5.74, 6) is 0. The molecule has 0 amide bonds. The number of benzene rings is 1. The number of thioether (sulfide) groups is 1. The Morgan fingerprint density at radius 1 is 0.818 bits per heavy atom. The smallest absolute Gasteiger partial charge is 0.0118 e. The maximum atomic E-state index is 2.51. The molecule has 22 heavy (non-hydrogen) atoms. The van der Waals surface area contributed by atoms with Gasteiger partial charge in [0.25, 0.3) is 0 Å². The number of hydrogen-bond acceptors (Lipinski definition) is 1. The molecule has 0 heterocycles. The lowest BCUT2D eigenvalue weighted by Gasteiger charge is -2.08. The first-order valence-corrected chi connectivity index (χ1v) is 10.1. The third-order valence-corrected chi connectivity index (χ3v) is 5.09. The van der Waals surface area contributed by atoms with Crippen LogP contribution in [0.15, 0.2) is 46.2 Å². The van der Waals surface area contributed by atoms with Crippen LogP contribution in [0.25, 0.3) is 0 Å². The van der Waals surface area contributed by atoms with Crippen molar-refractivity contribution in [3.63, 3.8) is 0 Å². The summed E-state index contributed by atoms with van der Waals surface area (Å²) < 4.78 is 0. The van der Waals surface area contributed by atoms with Gasteiger partial charge in [-0.1, -0.05) is 94.8 Å².